The SMILES string of the molecule is O=C(N/N=C\c1cc(Cl)cc(Cl)c1OCc1ccccc1)c1ccc(Cl)c(Cl)c1. The Balaban J connectivity index is 1.75. The molecule has 0 bridgehead atoms. The van der Waals surface area contributed by atoms with E-state index < -0.39 is 5.91 Å². The lowest BCUT2D eigenvalue weighted by Crippen LogP contribution is -2.17. The monoisotopic (exact) mass is 466 g/mol. The fraction of sp³-hybridized carbons (Fsp3) is 0.0476. The molecule has 0 unspecified atom stereocenters. The minimum Gasteiger partial charge on any atom is -0.487 e. The van der Waals surface area contributed by atoms with E-state index in [0.717, 1.165) is 5.56 Å². The number of carbonyl (C=O) groups excluding carboxylic acids is 1. The maximum Gasteiger partial charge on any atom is 0.271 e. The number of nitrogens with zero attached hydrogens (tertiary/aromatic N) is 1. The van der Waals surface area contributed by atoms with Gasteiger partial charge in [0.25, 0.3) is 5.91 Å². The van der Waals surface area contributed by atoms with Crippen LogP contribution >= 0.6 is 46.4 Å². The van der Waals surface area contributed by atoms with Gasteiger partial charge in [0, 0.05) is 16.1 Å². The summed E-state index contributed by atoms with van der Waals surface area (Å²) in [5, 5.41) is 5.37. The van der Waals surface area contributed by atoms with E-state index in [1.807, 2.05) is 30.3 Å². The third kappa shape index (κ3) is 5.87. The van der Waals surface area contributed by atoms with Crippen molar-refractivity contribution in [1.82, 2.24) is 5.43 Å². The summed E-state index contributed by atoms with van der Waals surface area (Å²) in [6.07, 6.45) is 1.41. The Morgan fingerprint density at radius 1 is 0.931 bits per heavy atom. The van der Waals surface area contributed by atoms with Crippen molar-refractivity contribution in [2.45, 2.75) is 6.61 Å². The normalized spacial score (nSPS) is 10.9. The van der Waals surface area contributed by atoms with Gasteiger partial charge in [-0.25, -0.2) is 5.43 Å². The summed E-state index contributed by atoms with van der Waals surface area (Å²) in [6.45, 7) is 0.318. The molecule has 148 valence electrons. The number of nitrogens with one attached hydrogen (secondary N) is 1. The summed E-state index contributed by atoms with van der Waals surface area (Å²) in [5.41, 5.74) is 4.24. The Hall–Kier alpha value is -2.24. The lowest BCUT2D eigenvalue weighted by molar-refractivity contribution is 0.0955. The number of benzene rings is 3. The standard InChI is InChI=1S/C21H14Cl4N2O2/c22-16-8-15(11-26-27-21(28)14-6-7-17(23)18(24)9-14)20(19(25)10-16)29-12-13-4-2-1-3-5-13/h1-11H,12H2,(H,27,28)/b26-11-. The quantitative estimate of drug-likeness (QED) is 0.326. The van der Waals surface area contributed by atoms with E-state index in [2.05, 4.69) is 10.5 Å². The van der Waals surface area contributed by atoms with Gasteiger partial charge in [0.2, 0.25) is 0 Å². The van der Waals surface area contributed by atoms with Gasteiger partial charge >= 0.3 is 0 Å². The van der Waals surface area contributed by atoms with E-state index >= 15 is 0 Å². The molecule has 3 rings (SSSR count). The average Bonchev–Trinajstić information content (AvgIpc) is 2.70. The molecule has 0 saturated heterocycles. The van der Waals surface area contributed by atoms with Gasteiger partial charge in [0.1, 0.15) is 12.4 Å². The van der Waals surface area contributed by atoms with Crippen LogP contribution in [0, 0.1) is 0 Å². The second-order valence-corrected chi connectivity index (χ2v) is 7.57. The molecule has 0 saturated carbocycles. The van der Waals surface area contributed by atoms with Gasteiger partial charge in [-0.05, 0) is 35.9 Å². The number of hydrazone groups is 1. The first kappa shape index (κ1) is 21.5. The predicted molar refractivity (Wildman–Crippen MR) is 119 cm³/mol. The highest BCUT2D eigenvalue weighted by Gasteiger charge is 2.11. The fourth-order valence-corrected chi connectivity index (χ4v) is 3.28. The maximum atomic E-state index is 12.2. The molecule has 0 spiro atoms. The number of amides is 1. The van der Waals surface area contributed by atoms with Crippen molar-refractivity contribution in [2.75, 3.05) is 0 Å². The Morgan fingerprint density at radius 3 is 2.41 bits per heavy atom. The van der Waals surface area contributed by atoms with Gasteiger partial charge in [-0.15, -0.1) is 0 Å². The van der Waals surface area contributed by atoms with Crippen molar-refractivity contribution in [2.24, 2.45) is 5.10 Å². The minimum atomic E-state index is -0.445. The summed E-state index contributed by atoms with van der Waals surface area (Å²) < 4.78 is 5.85. The van der Waals surface area contributed by atoms with Gasteiger partial charge in [0.15, 0.2) is 0 Å². The number of rotatable bonds is 6. The second kappa shape index (κ2) is 9.99. The van der Waals surface area contributed by atoms with Crippen molar-refractivity contribution < 1.29 is 9.53 Å². The van der Waals surface area contributed by atoms with Gasteiger partial charge in [-0.3, -0.25) is 4.79 Å². The van der Waals surface area contributed by atoms with Crippen molar-refractivity contribution in [3.8, 4) is 5.75 Å². The Kier molecular flexibility index (Phi) is 7.40. The zero-order valence-corrected chi connectivity index (χ0v) is 17.9. The topological polar surface area (TPSA) is 50.7 Å². The maximum absolute atomic E-state index is 12.2. The summed E-state index contributed by atoms with van der Waals surface area (Å²) in [6, 6.07) is 17.4. The van der Waals surface area contributed by atoms with Gasteiger partial charge in [0.05, 0.1) is 21.3 Å². The summed E-state index contributed by atoms with van der Waals surface area (Å²) >= 11 is 24.2. The molecular weight excluding hydrogens is 454 g/mol. The number of hydrogen-bond donors (Lipinski definition) is 1. The molecule has 1 amide bonds. The molecular formula is C21H14Cl4N2O2. The van der Waals surface area contributed by atoms with Gasteiger partial charge in [-0.2, -0.15) is 5.10 Å². The van der Waals surface area contributed by atoms with E-state index in [9.17, 15) is 4.79 Å². The molecule has 0 aliphatic carbocycles. The molecule has 8 heteroatoms. The van der Waals surface area contributed by atoms with Crippen molar-refractivity contribution >= 4 is 58.5 Å². The molecule has 0 heterocycles. The molecule has 1 N–H and O–H groups in total. The Bertz CT molecular complexity index is 1060. The number of carbonyl (C=O) groups is 1. The largest absolute Gasteiger partial charge is 0.487 e. The van der Waals surface area contributed by atoms with Crippen molar-refractivity contribution in [1.29, 1.82) is 0 Å². The van der Waals surface area contributed by atoms with Crippen LogP contribution < -0.4 is 10.2 Å². The molecule has 29 heavy (non-hydrogen) atoms. The fourth-order valence-electron chi connectivity index (χ4n) is 2.42. The van der Waals surface area contributed by atoms with Crippen LogP contribution in [-0.4, -0.2) is 12.1 Å². The average molecular weight is 468 g/mol. The molecule has 0 aliphatic heterocycles. The molecule has 0 aromatic heterocycles. The van der Waals surface area contributed by atoms with Gasteiger partial charge in [-0.1, -0.05) is 76.7 Å². The first-order valence-corrected chi connectivity index (χ1v) is 9.89. The van der Waals surface area contributed by atoms with E-state index in [1.165, 1.54) is 18.3 Å². The van der Waals surface area contributed by atoms with Crippen molar-refractivity contribution in [3.05, 3.63) is 97.4 Å². The predicted octanol–water partition coefficient (Wildman–Crippen LogP) is 6.64. The van der Waals surface area contributed by atoms with Crippen LogP contribution in [0.2, 0.25) is 20.1 Å². The summed E-state index contributed by atoms with van der Waals surface area (Å²) in [4.78, 5) is 12.2. The number of hydrogen-bond acceptors (Lipinski definition) is 3. The minimum absolute atomic E-state index is 0.279. The Labute approximate surface area is 188 Å². The highest BCUT2D eigenvalue weighted by Crippen LogP contribution is 2.32. The van der Waals surface area contributed by atoms with Gasteiger partial charge < -0.3 is 4.74 Å². The van der Waals surface area contributed by atoms with Crippen LogP contribution in [0.25, 0.3) is 0 Å². The smallest absolute Gasteiger partial charge is 0.271 e. The van der Waals surface area contributed by atoms with E-state index in [-0.39, 0.29) is 5.02 Å². The lowest BCUT2D eigenvalue weighted by Gasteiger charge is -2.12. The van der Waals surface area contributed by atoms with Crippen LogP contribution in [0.1, 0.15) is 21.5 Å². The molecule has 0 atom stereocenters. The molecule has 0 fully saturated rings. The number of halogens is 4. The third-order valence-corrected chi connectivity index (χ3v) is 5.05. The molecule has 0 aliphatic rings. The highest BCUT2D eigenvalue weighted by molar-refractivity contribution is 6.42. The van der Waals surface area contributed by atoms with E-state index in [4.69, 9.17) is 51.1 Å². The lowest BCUT2D eigenvalue weighted by atomic mass is 10.2. The first-order valence-electron chi connectivity index (χ1n) is 8.38. The van der Waals surface area contributed by atoms with Crippen LogP contribution in [0.4, 0.5) is 0 Å². The molecule has 3 aromatic rings. The van der Waals surface area contributed by atoms with Crippen LogP contribution in [0.3, 0.4) is 0 Å². The van der Waals surface area contributed by atoms with Crippen LogP contribution in [0.15, 0.2) is 65.8 Å². The zero-order valence-electron chi connectivity index (χ0n) is 14.8. The summed E-state index contributed by atoms with van der Waals surface area (Å²) in [5.74, 6) is -0.0350. The van der Waals surface area contributed by atoms with E-state index in [1.54, 1.807) is 18.2 Å². The first-order chi connectivity index (χ1) is 13.9. The molecule has 3 aromatic carbocycles. The van der Waals surface area contributed by atoms with E-state index in [0.29, 0.717) is 38.6 Å². The second-order valence-electron chi connectivity index (χ2n) is 5.91. The van der Waals surface area contributed by atoms with Crippen LogP contribution in [-0.2, 0) is 6.61 Å². The molecule has 0 radical (unpaired) electrons. The Morgan fingerprint density at radius 2 is 1.69 bits per heavy atom. The zero-order chi connectivity index (χ0) is 20.8. The molecule has 4 nitrogen and oxygen atoms in total. The van der Waals surface area contributed by atoms with Crippen molar-refractivity contribution in [3.63, 3.8) is 0 Å². The number of ether oxygens (including phenoxy) is 1. The van der Waals surface area contributed by atoms with Crippen LogP contribution in [0.5, 0.6) is 5.75 Å². The summed E-state index contributed by atoms with van der Waals surface area (Å²) in [7, 11) is 0. The third-order valence-electron chi connectivity index (χ3n) is 3.81. The highest BCUT2D eigenvalue weighted by atomic mass is 35.5.